The zero-order chi connectivity index (χ0) is 24.4. The molecule has 5 rings (SSSR count). The number of benzene rings is 2. The van der Waals surface area contributed by atoms with Crippen molar-refractivity contribution >= 4 is 40.7 Å². The lowest BCUT2D eigenvalue weighted by atomic mass is 10.2. The summed E-state index contributed by atoms with van der Waals surface area (Å²) in [6.07, 6.45) is 1.68. The molecule has 1 aromatic heterocycles. The molecule has 180 valence electrons. The first-order valence-electron chi connectivity index (χ1n) is 11.2. The van der Waals surface area contributed by atoms with Crippen LogP contribution < -0.4 is 25.0 Å². The number of rotatable bonds is 5. The van der Waals surface area contributed by atoms with E-state index >= 15 is 0 Å². The van der Waals surface area contributed by atoms with Crippen molar-refractivity contribution in [2.24, 2.45) is 0 Å². The molecular formula is C25H24ClN5O4. The average molecular weight is 494 g/mol. The number of amides is 2. The number of fused-ring (bicyclic) bond motifs is 1. The molecule has 3 aromatic rings. The van der Waals surface area contributed by atoms with Crippen LogP contribution in [-0.4, -0.2) is 55.1 Å². The van der Waals surface area contributed by atoms with Crippen LogP contribution in [0.15, 0.2) is 54.7 Å². The van der Waals surface area contributed by atoms with Gasteiger partial charge in [0.15, 0.2) is 11.5 Å². The predicted octanol–water partition coefficient (Wildman–Crippen LogP) is 4.38. The summed E-state index contributed by atoms with van der Waals surface area (Å²) in [5.41, 5.74) is 2.65. The minimum atomic E-state index is -0.410. The Kier molecular flexibility index (Phi) is 6.43. The molecule has 2 N–H and O–H groups in total. The fourth-order valence-corrected chi connectivity index (χ4v) is 4.25. The van der Waals surface area contributed by atoms with E-state index in [2.05, 4.69) is 32.5 Å². The van der Waals surface area contributed by atoms with Crippen molar-refractivity contribution < 1.29 is 19.1 Å². The van der Waals surface area contributed by atoms with Crippen molar-refractivity contribution in [1.29, 1.82) is 0 Å². The Hall–Kier alpha value is -3.82. The molecule has 0 radical (unpaired) electrons. The minimum absolute atomic E-state index is 0.119. The van der Waals surface area contributed by atoms with E-state index in [-0.39, 0.29) is 12.4 Å². The maximum Gasteiger partial charge on any atom is 0.323 e. The largest absolute Gasteiger partial charge is 0.453 e. The van der Waals surface area contributed by atoms with Crippen LogP contribution in [-0.2, 0) is 11.2 Å². The maximum absolute atomic E-state index is 12.7. The van der Waals surface area contributed by atoms with E-state index in [1.165, 1.54) is 0 Å². The fourth-order valence-electron chi connectivity index (χ4n) is 4.02. The van der Waals surface area contributed by atoms with E-state index in [0.717, 1.165) is 31.9 Å². The highest BCUT2D eigenvalue weighted by molar-refractivity contribution is 6.31. The molecule has 10 heteroatoms. The Labute approximate surface area is 207 Å². The molecule has 1 saturated heterocycles. The van der Waals surface area contributed by atoms with Crippen LogP contribution in [0.4, 0.5) is 21.9 Å². The van der Waals surface area contributed by atoms with E-state index in [0.29, 0.717) is 39.3 Å². The van der Waals surface area contributed by atoms with Gasteiger partial charge in [-0.25, -0.2) is 4.79 Å². The average Bonchev–Trinajstić information content (AvgIpc) is 3.20. The number of urea groups is 1. The van der Waals surface area contributed by atoms with Gasteiger partial charge in [0.2, 0.25) is 0 Å². The third-order valence-electron chi connectivity index (χ3n) is 5.80. The molecule has 2 aliphatic rings. The lowest BCUT2D eigenvalue weighted by Crippen LogP contribution is -2.44. The van der Waals surface area contributed by atoms with Gasteiger partial charge in [-0.3, -0.25) is 9.78 Å². The molecule has 9 nitrogen and oxygen atoms in total. The highest BCUT2D eigenvalue weighted by Gasteiger charge is 2.26. The summed E-state index contributed by atoms with van der Waals surface area (Å²) >= 11 is 6.33. The van der Waals surface area contributed by atoms with Crippen LogP contribution in [0, 0.1) is 0 Å². The number of nitrogens with one attached hydrogen (secondary N) is 2. The van der Waals surface area contributed by atoms with Crippen molar-refractivity contribution in [3.05, 3.63) is 65.4 Å². The molecule has 0 spiro atoms. The molecule has 2 aromatic carbocycles. The van der Waals surface area contributed by atoms with Crippen molar-refractivity contribution in [1.82, 2.24) is 9.88 Å². The highest BCUT2D eigenvalue weighted by Crippen LogP contribution is 2.37. The Bertz CT molecular complexity index is 1280. The second-order valence-electron chi connectivity index (χ2n) is 8.43. The maximum atomic E-state index is 12.7. The molecule has 1 fully saturated rings. The SMILES string of the molecule is CN1CCN(c2cc(Cl)cc(NC(=O)Nc3cccc(Oc4ccnc5c4OC(=O)C5)c3)c2)CC1. The Morgan fingerprint density at radius 3 is 2.69 bits per heavy atom. The minimum Gasteiger partial charge on any atom is -0.453 e. The fraction of sp³-hybridized carbons (Fsp3) is 0.240. The molecular weight excluding hydrogens is 470 g/mol. The number of carbonyl (C=O) groups is 2. The van der Waals surface area contributed by atoms with Crippen molar-refractivity contribution in [3.8, 4) is 17.2 Å². The summed E-state index contributed by atoms with van der Waals surface area (Å²) in [5, 5.41) is 6.21. The van der Waals surface area contributed by atoms with Crippen LogP contribution >= 0.6 is 11.6 Å². The van der Waals surface area contributed by atoms with Gasteiger partial charge in [0, 0.05) is 66.6 Å². The van der Waals surface area contributed by atoms with Gasteiger partial charge in [-0.1, -0.05) is 17.7 Å². The summed E-state index contributed by atoms with van der Waals surface area (Å²) in [6, 6.07) is 13.7. The molecule has 0 atom stereocenters. The number of anilines is 3. The van der Waals surface area contributed by atoms with Crippen molar-refractivity contribution in [2.75, 3.05) is 48.8 Å². The monoisotopic (exact) mass is 493 g/mol. The zero-order valence-corrected chi connectivity index (χ0v) is 19.8. The lowest BCUT2D eigenvalue weighted by Gasteiger charge is -2.34. The topological polar surface area (TPSA) is 96.0 Å². The number of likely N-dealkylation sites (N-methyl/N-ethyl adjacent to an activating group) is 1. The number of aromatic nitrogens is 1. The van der Waals surface area contributed by atoms with Gasteiger partial charge in [-0.2, -0.15) is 0 Å². The van der Waals surface area contributed by atoms with Gasteiger partial charge in [-0.05, 0) is 37.4 Å². The van der Waals surface area contributed by atoms with Gasteiger partial charge in [0.05, 0.1) is 12.1 Å². The van der Waals surface area contributed by atoms with Gasteiger partial charge < -0.3 is 29.9 Å². The number of ether oxygens (including phenoxy) is 2. The number of pyridine rings is 1. The van der Waals surface area contributed by atoms with Crippen LogP contribution in [0.5, 0.6) is 17.2 Å². The first-order chi connectivity index (χ1) is 16.9. The third kappa shape index (κ3) is 5.47. The third-order valence-corrected chi connectivity index (χ3v) is 6.02. The molecule has 3 heterocycles. The smallest absolute Gasteiger partial charge is 0.323 e. The number of halogens is 1. The van der Waals surface area contributed by atoms with E-state index < -0.39 is 6.03 Å². The Balaban J connectivity index is 1.25. The lowest BCUT2D eigenvalue weighted by molar-refractivity contribution is -0.131. The quantitative estimate of drug-likeness (QED) is 0.509. The number of piperazine rings is 1. The Morgan fingerprint density at radius 2 is 1.86 bits per heavy atom. The molecule has 2 amide bonds. The van der Waals surface area contributed by atoms with Crippen LogP contribution in [0.1, 0.15) is 5.69 Å². The summed E-state index contributed by atoms with van der Waals surface area (Å²) in [7, 11) is 2.10. The zero-order valence-electron chi connectivity index (χ0n) is 19.1. The first-order valence-corrected chi connectivity index (χ1v) is 11.6. The van der Waals surface area contributed by atoms with Gasteiger partial charge in [0.25, 0.3) is 0 Å². The highest BCUT2D eigenvalue weighted by atomic mass is 35.5. The molecule has 0 aliphatic carbocycles. The molecule has 0 bridgehead atoms. The molecule has 0 unspecified atom stereocenters. The molecule has 35 heavy (non-hydrogen) atoms. The van der Waals surface area contributed by atoms with Crippen LogP contribution in [0.3, 0.4) is 0 Å². The van der Waals surface area contributed by atoms with E-state index in [9.17, 15) is 9.59 Å². The van der Waals surface area contributed by atoms with Crippen molar-refractivity contribution in [2.45, 2.75) is 6.42 Å². The van der Waals surface area contributed by atoms with Crippen molar-refractivity contribution in [3.63, 3.8) is 0 Å². The Morgan fingerprint density at radius 1 is 1.06 bits per heavy atom. The van der Waals surface area contributed by atoms with Gasteiger partial charge in [0.1, 0.15) is 5.75 Å². The standard InChI is InChI=1S/C25H24ClN5O4/c1-30-7-9-31(10-8-30)19-12-16(26)11-18(13-19)29-25(33)28-17-3-2-4-20(14-17)34-22-5-6-27-21-15-23(32)35-24(21)22/h2-6,11-14H,7-10,15H2,1H3,(H2,28,29,33). The van der Waals surface area contributed by atoms with Gasteiger partial charge in [-0.15, -0.1) is 0 Å². The van der Waals surface area contributed by atoms with E-state index in [4.69, 9.17) is 21.1 Å². The molecule has 2 aliphatic heterocycles. The second kappa shape index (κ2) is 9.81. The normalized spacial score (nSPS) is 15.4. The predicted molar refractivity (Wildman–Crippen MR) is 134 cm³/mol. The summed E-state index contributed by atoms with van der Waals surface area (Å²) in [5.74, 6) is 0.815. The number of esters is 1. The summed E-state index contributed by atoms with van der Waals surface area (Å²) < 4.78 is 11.1. The molecule has 0 saturated carbocycles. The van der Waals surface area contributed by atoms with Crippen LogP contribution in [0.25, 0.3) is 0 Å². The summed E-state index contributed by atoms with van der Waals surface area (Å²) in [6.45, 7) is 3.74. The number of hydrogen-bond acceptors (Lipinski definition) is 7. The van der Waals surface area contributed by atoms with E-state index in [1.807, 2.05) is 12.1 Å². The number of carbonyl (C=O) groups excluding carboxylic acids is 2. The number of hydrogen-bond donors (Lipinski definition) is 2. The van der Waals surface area contributed by atoms with Crippen LogP contribution in [0.2, 0.25) is 5.02 Å². The summed E-state index contributed by atoms with van der Waals surface area (Å²) in [4.78, 5) is 33.0. The van der Waals surface area contributed by atoms with E-state index in [1.54, 1.807) is 42.6 Å². The number of nitrogens with zero attached hydrogens (tertiary/aromatic N) is 3. The first kappa shape index (κ1) is 22.9. The van der Waals surface area contributed by atoms with Gasteiger partial charge >= 0.3 is 12.0 Å². The second-order valence-corrected chi connectivity index (χ2v) is 8.87.